The van der Waals surface area contributed by atoms with Crippen LogP contribution < -0.4 is 5.32 Å². The summed E-state index contributed by atoms with van der Waals surface area (Å²) >= 11 is 0. The van der Waals surface area contributed by atoms with Gasteiger partial charge >= 0.3 is 0 Å². The Morgan fingerprint density at radius 3 is 2.19 bits per heavy atom. The Bertz CT molecular complexity index is 823. The average molecular weight is 423 g/mol. The number of hydrogen-bond donors (Lipinski definition) is 1. The SMILES string of the molecule is CCCCNC(=O)C(C)N(Cc1ccccc1)C(=O)CCc1ccc(C(C)(C)C)cc1. The average Bonchev–Trinajstić information content (AvgIpc) is 2.76. The predicted molar refractivity (Wildman–Crippen MR) is 128 cm³/mol. The molecule has 1 unspecified atom stereocenters. The van der Waals surface area contributed by atoms with Crippen molar-refractivity contribution in [2.75, 3.05) is 6.54 Å². The van der Waals surface area contributed by atoms with Gasteiger partial charge in [0.25, 0.3) is 0 Å². The smallest absolute Gasteiger partial charge is 0.242 e. The van der Waals surface area contributed by atoms with E-state index in [4.69, 9.17) is 0 Å². The molecule has 0 aliphatic heterocycles. The number of aryl methyl sites for hydroxylation is 1. The maximum Gasteiger partial charge on any atom is 0.242 e. The summed E-state index contributed by atoms with van der Waals surface area (Å²) in [5, 5.41) is 2.97. The van der Waals surface area contributed by atoms with Gasteiger partial charge in [-0.3, -0.25) is 9.59 Å². The van der Waals surface area contributed by atoms with Crippen LogP contribution in [0.15, 0.2) is 54.6 Å². The molecule has 0 fully saturated rings. The highest BCUT2D eigenvalue weighted by atomic mass is 16.2. The molecule has 1 N–H and O–H groups in total. The van der Waals surface area contributed by atoms with Gasteiger partial charge in [-0.05, 0) is 41.9 Å². The second-order valence-corrected chi connectivity index (χ2v) is 9.27. The van der Waals surface area contributed by atoms with E-state index in [0.29, 0.717) is 25.9 Å². The van der Waals surface area contributed by atoms with Crippen molar-refractivity contribution in [3.05, 3.63) is 71.3 Å². The standard InChI is InChI=1S/C27H38N2O2/c1-6-7-19-28-26(31)21(2)29(20-23-11-9-8-10-12-23)25(30)18-15-22-13-16-24(17-14-22)27(3,4)5/h8-14,16-17,21H,6-7,15,18-20H2,1-5H3,(H,28,31). The van der Waals surface area contributed by atoms with Gasteiger partial charge in [0.2, 0.25) is 11.8 Å². The molecule has 2 rings (SSSR count). The van der Waals surface area contributed by atoms with E-state index < -0.39 is 6.04 Å². The molecular weight excluding hydrogens is 384 g/mol. The van der Waals surface area contributed by atoms with Crippen molar-refractivity contribution < 1.29 is 9.59 Å². The molecule has 4 nitrogen and oxygen atoms in total. The largest absolute Gasteiger partial charge is 0.354 e. The van der Waals surface area contributed by atoms with Gasteiger partial charge in [-0.25, -0.2) is 0 Å². The third kappa shape index (κ3) is 7.86. The zero-order valence-electron chi connectivity index (χ0n) is 19.8. The van der Waals surface area contributed by atoms with Crippen LogP contribution in [0.3, 0.4) is 0 Å². The molecule has 0 saturated heterocycles. The van der Waals surface area contributed by atoms with Crippen molar-refractivity contribution in [2.45, 2.75) is 78.3 Å². The third-order valence-corrected chi connectivity index (χ3v) is 5.64. The minimum atomic E-state index is -0.507. The number of nitrogens with one attached hydrogen (secondary N) is 1. The number of benzene rings is 2. The lowest BCUT2D eigenvalue weighted by Gasteiger charge is -2.29. The van der Waals surface area contributed by atoms with E-state index in [-0.39, 0.29) is 17.2 Å². The van der Waals surface area contributed by atoms with Gasteiger partial charge in [0, 0.05) is 19.5 Å². The van der Waals surface area contributed by atoms with Crippen LogP contribution in [0, 0.1) is 0 Å². The zero-order valence-corrected chi connectivity index (χ0v) is 19.8. The van der Waals surface area contributed by atoms with Crippen LogP contribution in [0.5, 0.6) is 0 Å². The summed E-state index contributed by atoms with van der Waals surface area (Å²) in [6.45, 7) is 11.6. The Labute approximate surface area is 188 Å². The Hall–Kier alpha value is -2.62. The maximum absolute atomic E-state index is 13.2. The Morgan fingerprint density at radius 1 is 0.968 bits per heavy atom. The first-order chi connectivity index (χ1) is 14.7. The number of amides is 2. The van der Waals surface area contributed by atoms with Gasteiger partial charge in [-0.15, -0.1) is 0 Å². The first-order valence-corrected chi connectivity index (χ1v) is 11.4. The van der Waals surface area contributed by atoms with E-state index in [9.17, 15) is 9.59 Å². The van der Waals surface area contributed by atoms with E-state index in [0.717, 1.165) is 24.0 Å². The Kier molecular flexibility index (Phi) is 9.29. The van der Waals surface area contributed by atoms with Gasteiger partial charge in [0.1, 0.15) is 6.04 Å². The molecule has 1 atom stereocenters. The third-order valence-electron chi connectivity index (χ3n) is 5.64. The highest BCUT2D eigenvalue weighted by Gasteiger charge is 2.25. The van der Waals surface area contributed by atoms with E-state index in [1.165, 1.54) is 5.56 Å². The first-order valence-electron chi connectivity index (χ1n) is 11.4. The second kappa shape index (κ2) is 11.7. The predicted octanol–water partition coefficient (Wildman–Crippen LogP) is 5.25. The van der Waals surface area contributed by atoms with Crippen LogP contribution in [0.4, 0.5) is 0 Å². The van der Waals surface area contributed by atoms with Crippen molar-refractivity contribution in [3.8, 4) is 0 Å². The summed E-state index contributed by atoms with van der Waals surface area (Å²) in [5.74, 6) is -0.0887. The summed E-state index contributed by atoms with van der Waals surface area (Å²) in [4.78, 5) is 27.5. The van der Waals surface area contributed by atoms with Crippen molar-refractivity contribution in [1.29, 1.82) is 0 Å². The van der Waals surface area contributed by atoms with Crippen molar-refractivity contribution in [3.63, 3.8) is 0 Å². The van der Waals surface area contributed by atoms with E-state index in [1.807, 2.05) is 37.3 Å². The van der Waals surface area contributed by atoms with Crippen molar-refractivity contribution in [2.24, 2.45) is 0 Å². The van der Waals surface area contributed by atoms with E-state index in [1.54, 1.807) is 4.90 Å². The molecular formula is C27H38N2O2. The van der Waals surface area contributed by atoms with E-state index in [2.05, 4.69) is 57.3 Å². The van der Waals surface area contributed by atoms with Crippen molar-refractivity contribution >= 4 is 11.8 Å². The fourth-order valence-electron chi connectivity index (χ4n) is 3.47. The molecule has 31 heavy (non-hydrogen) atoms. The number of hydrogen-bond acceptors (Lipinski definition) is 2. The summed E-state index contributed by atoms with van der Waals surface area (Å²) in [6, 6.07) is 17.9. The lowest BCUT2D eigenvalue weighted by Crippen LogP contribution is -2.47. The molecule has 0 aromatic heterocycles. The van der Waals surface area contributed by atoms with Gasteiger partial charge < -0.3 is 10.2 Å². The Balaban J connectivity index is 2.07. The van der Waals surface area contributed by atoms with E-state index >= 15 is 0 Å². The highest BCUT2D eigenvalue weighted by molar-refractivity contribution is 5.87. The fraction of sp³-hybridized carbons (Fsp3) is 0.481. The molecule has 168 valence electrons. The maximum atomic E-state index is 13.2. The zero-order chi connectivity index (χ0) is 22.9. The van der Waals surface area contributed by atoms with Crippen LogP contribution in [0.1, 0.15) is 70.6 Å². The molecule has 0 radical (unpaired) electrons. The number of carbonyl (C=O) groups is 2. The van der Waals surface area contributed by atoms with Crippen LogP contribution in [0.25, 0.3) is 0 Å². The molecule has 0 saturated carbocycles. The van der Waals surface area contributed by atoms with Crippen LogP contribution in [0.2, 0.25) is 0 Å². The van der Waals surface area contributed by atoms with Gasteiger partial charge in [-0.1, -0.05) is 88.7 Å². The lowest BCUT2D eigenvalue weighted by molar-refractivity contribution is -0.140. The summed E-state index contributed by atoms with van der Waals surface area (Å²) in [7, 11) is 0. The van der Waals surface area contributed by atoms with Gasteiger partial charge in [0.05, 0.1) is 0 Å². The topological polar surface area (TPSA) is 49.4 Å². The number of carbonyl (C=O) groups excluding carboxylic acids is 2. The second-order valence-electron chi connectivity index (χ2n) is 9.27. The highest BCUT2D eigenvalue weighted by Crippen LogP contribution is 2.22. The minimum absolute atomic E-state index is 0.00175. The molecule has 0 bridgehead atoms. The minimum Gasteiger partial charge on any atom is -0.354 e. The van der Waals surface area contributed by atoms with Crippen molar-refractivity contribution in [1.82, 2.24) is 10.2 Å². The quantitative estimate of drug-likeness (QED) is 0.532. The van der Waals surface area contributed by atoms with Crippen LogP contribution in [-0.4, -0.2) is 29.3 Å². The number of unbranched alkanes of at least 4 members (excludes halogenated alkanes) is 1. The summed E-state index contributed by atoms with van der Waals surface area (Å²) in [5.41, 5.74) is 3.56. The Morgan fingerprint density at radius 2 is 1.61 bits per heavy atom. The molecule has 0 aliphatic rings. The first kappa shape index (κ1) is 24.6. The molecule has 0 spiro atoms. The summed E-state index contributed by atoms with van der Waals surface area (Å²) in [6.07, 6.45) is 3.01. The molecule has 2 aromatic carbocycles. The van der Waals surface area contributed by atoms with Gasteiger partial charge in [0.15, 0.2) is 0 Å². The number of nitrogens with zero attached hydrogens (tertiary/aromatic N) is 1. The number of rotatable bonds is 10. The summed E-state index contributed by atoms with van der Waals surface area (Å²) < 4.78 is 0. The van der Waals surface area contributed by atoms with Crippen LogP contribution >= 0.6 is 0 Å². The fourth-order valence-corrected chi connectivity index (χ4v) is 3.47. The molecule has 4 heteroatoms. The molecule has 0 aliphatic carbocycles. The lowest BCUT2D eigenvalue weighted by atomic mass is 9.86. The monoisotopic (exact) mass is 422 g/mol. The molecule has 0 heterocycles. The molecule has 2 aromatic rings. The van der Waals surface area contributed by atoms with Crippen LogP contribution in [-0.2, 0) is 28.0 Å². The van der Waals surface area contributed by atoms with Gasteiger partial charge in [-0.2, -0.15) is 0 Å². The molecule has 2 amide bonds. The normalized spacial score (nSPS) is 12.3.